The highest BCUT2D eigenvalue weighted by Gasteiger charge is 2.26. The summed E-state index contributed by atoms with van der Waals surface area (Å²) in [6, 6.07) is 0. The Hall–Kier alpha value is 0.788. The van der Waals surface area contributed by atoms with Crippen molar-refractivity contribution < 1.29 is 8.23 Å². The second kappa shape index (κ2) is 4.87. The first-order valence-corrected chi connectivity index (χ1v) is 12.7. The highest BCUT2D eigenvalue weighted by molar-refractivity contribution is 6.83. The molecule has 0 aliphatic carbocycles. The van der Waals surface area contributed by atoms with E-state index in [-0.39, 0.29) is 0 Å². The van der Waals surface area contributed by atoms with Crippen LogP contribution in [-0.2, 0) is 8.23 Å². The minimum absolute atomic E-state index is 0.490. The lowest BCUT2D eigenvalue weighted by atomic mass is 11.8. The van der Waals surface area contributed by atoms with E-state index in [4.69, 9.17) is 8.23 Å². The fourth-order valence-electron chi connectivity index (χ4n) is 1.44. The average molecular weight is 233 g/mol. The van der Waals surface area contributed by atoms with Gasteiger partial charge < -0.3 is 8.23 Å². The summed E-state index contributed by atoms with van der Waals surface area (Å²) in [7, 11) is -1.96. The van der Waals surface area contributed by atoms with Crippen LogP contribution in [0.4, 0.5) is 0 Å². The van der Waals surface area contributed by atoms with E-state index < -0.39 is 36.2 Å². The highest BCUT2D eigenvalue weighted by Crippen LogP contribution is 2.12. The van der Waals surface area contributed by atoms with E-state index in [9.17, 15) is 0 Å². The molecule has 1 aliphatic heterocycles. The molecule has 2 nitrogen and oxygen atoms in total. The van der Waals surface area contributed by atoms with Crippen LogP contribution < -0.4 is 0 Å². The van der Waals surface area contributed by atoms with Crippen LogP contribution in [-0.4, -0.2) is 36.2 Å². The Morgan fingerprint density at radius 2 is 0.917 bits per heavy atom. The molecular formula is C6H16O2Si4. The van der Waals surface area contributed by atoms with Crippen molar-refractivity contribution in [2.24, 2.45) is 0 Å². The third-order valence-electron chi connectivity index (χ3n) is 1.69. The zero-order chi connectivity index (χ0) is 9.14. The van der Waals surface area contributed by atoms with Crippen molar-refractivity contribution in [3.63, 3.8) is 0 Å². The lowest BCUT2D eigenvalue weighted by molar-refractivity contribution is 0.559. The standard InChI is InChI=1S/C6H16O2Si4/c1-9-5-10(2)8-12(4)6-11(3)7-9/h5-6H2,1-4H3. The first kappa shape index (κ1) is 10.9. The predicted octanol–water partition coefficient (Wildman–Crippen LogP) is 1.60. The van der Waals surface area contributed by atoms with Crippen LogP contribution in [0.15, 0.2) is 0 Å². The monoisotopic (exact) mass is 232 g/mol. The Kier molecular flexibility index (Phi) is 4.41. The van der Waals surface area contributed by atoms with E-state index in [2.05, 4.69) is 26.2 Å². The minimum Gasteiger partial charge on any atom is -0.456 e. The molecule has 4 radical (unpaired) electrons. The summed E-state index contributed by atoms with van der Waals surface area (Å²) in [5.74, 6) is 0. The summed E-state index contributed by atoms with van der Waals surface area (Å²) in [6.07, 6.45) is 0. The second-order valence-corrected chi connectivity index (χ2v) is 13.4. The molecule has 0 bridgehead atoms. The Balaban J connectivity index is 2.45. The first-order valence-electron chi connectivity index (χ1n) is 4.23. The van der Waals surface area contributed by atoms with E-state index in [1.807, 2.05) is 0 Å². The Morgan fingerprint density at radius 3 is 1.17 bits per heavy atom. The van der Waals surface area contributed by atoms with Gasteiger partial charge >= 0.3 is 0 Å². The minimum atomic E-state index is -0.490. The Labute approximate surface area is 82.2 Å². The maximum absolute atomic E-state index is 6.01. The molecule has 0 unspecified atom stereocenters. The van der Waals surface area contributed by atoms with Crippen LogP contribution in [0.5, 0.6) is 0 Å². The lowest BCUT2D eigenvalue weighted by Gasteiger charge is -2.26. The summed E-state index contributed by atoms with van der Waals surface area (Å²) in [5.41, 5.74) is 2.53. The fourth-order valence-corrected chi connectivity index (χ4v) is 15.6. The molecule has 1 aliphatic rings. The van der Waals surface area contributed by atoms with E-state index >= 15 is 0 Å². The van der Waals surface area contributed by atoms with E-state index in [0.717, 1.165) is 0 Å². The van der Waals surface area contributed by atoms with Gasteiger partial charge in [0, 0.05) is 0 Å². The highest BCUT2D eigenvalue weighted by atomic mass is 28.4. The third kappa shape index (κ3) is 3.67. The summed E-state index contributed by atoms with van der Waals surface area (Å²) < 4.78 is 12.0. The molecule has 6 heteroatoms. The van der Waals surface area contributed by atoms with Gasteiger partial charge in [0.2, 0.25) is 0 Å². The van der Waals surface area contributed by atoms with Crippen LogP contribution >= 0.6 is 0 Å². The summed E-state index contributed by atoms with van der Waals surface area (Å²) >= 11 is 0. The third-order valence-corrected chi connectivity index (χ3v) is 15.2. The van der Waals surface area contributed by atoms with Crippen molar-refractivity contribution in [1.29, 1.82) is 0 Å². The molecule has 0 saturated carbocycles. The molecular weight excluding hydrogens is 216 g/mol. The summed E-state index contributed by atoms with van der Waals surface area (Å²) in [6.45, 7) is 9.13. The van der Waals surface area contributed by atoms with Gasteiger partial charge in [-0.3, -0.25) is 0 Å². The summed E-state index contributed by atoms with van der Waals surface area (Å²) in [4.78, 5) is 0. The molecule has 1 saturated heterocycles. The molecule has 0 aromatic carbocycles. The molecule has 0 spiro atoms. The smallest absolute Gasteiger partial charge is 0.193 e. The molecule has 0 atom stereocenters. The second-order valence-electron chi connectivity index (χ2n) is 3.37. The van der Waals surface area contributed by atoms with Crippen molar-refractivity contribution in [3.05, 3.63) is 0 Å². The SMILES string of the molecule is C[Si]1C[Si](C)O[Si](C)C[Si](C)O1. The van der Waals surface area contributed by atoms with Crippen LogP contribution in [0.25, 0.3) is 0 Å². The zero-order valence-electron chi connectivity index (χ0n) is 8.23. The molecule has 1 rings (SSSR count). The lowest BCUT2D eigenvalue weighted by Crippen LogP contribution is -2.39. The van der Waals surface area contributed by atoms with Crippen LogP contribution in [0.1, 0.15) is 0 Å². The number of hydrogen-bond donors (Lipinski definition) is 0. The number of hydrogen-bond acceptors (Lipinski definition) is 2. The first-order chi connectivity index (χ1) is 5.58. The molecule has 1 fully saturated rings. The van der Waals surface area contributed by atoms with Gasteiger partial charge in [0.05, 0.1) is 0 Å². The molecule has 0 aromatic heterocycles. The average Bonchev–Trinajstić information content (AvgIpc) is 1.81. The van der Waals surface area contributed by atoms with Gasteiger partial charge in [0.25, 0.3) is 0 Å². The van der Waals surface area contributed by atoms with Crippen molar-refractivity contribution in [2.45, 2.75) is 37.5 Å². The van der Waals surface area contributed by atoms with Crippen molar-refractivity contribution in [2.75, 3.05) is 0 Å². The van der Waals surface area contributed by atoms with Crippen LogP contribution in [0.3, 0.4) is 0 Å². The molecule has 0 aromatic rings. The van der Waals surface area contributed by atoms with Gasteiger partial charge in [-0.05, 0) is 37.5 Å². The van der Waals surface area contributed by atoms with Crippen LogP contribution in [0.2, 0.25) is 37.5 Å². The van der Waals surface area contributed by atoms with E-state index in [1.54, 1.807) is 0 Å². The number of rotatable bonds is 0. The maximum Gasteiger partial charge on any atom is 0.193 e. The normalized spacial score (nSPS) is 27.0. The molecule has 0 amide bonds. The van der Waals surface area contributed by atoms with Gasteiger partial charge in [0.1, 0.15) is 0 Å². The van der Waals surface area contributed by atoms with Gasteiger partial charge in [-0.15, -0.1) is 0 Å². The zero-order valence-corrected chi connectivity index (χ0v) is 12.2. The van der Waals surface area contributed by atoms with Crippen LogP contribution in [0, 0.1) is 0 Å². The van der Waals surface area contributed by atoms with E-state index in [1.165, 1.54) is 11.3 Å². The van der Waals surface area contributed by atoms with Crippen molar-refractivity contribution in [3.8, 4) is 0 Å². The maximum atomic E-state index is 6.01. The molecule has 1 heterocycles. The Morgan fingerprint density at radius 1 is 0.667 bits per heavy atom. The molecule has 68 valence electrons. The van der Waals surface area contributed by atoms with Gasteiger partial charge in [0.15, 0.2) is 36.2 Å². The van der Waals surface area contributed by atoms with Gasteiger partial charge in [-0.1, -0.05) is 0 Å². The predicted molar refractivity (Wildman–Crippen MR) is 58.3 cm³/mol. The van der Waals surface area contributed by atoms with Gasteiger partial charge in [-0.2, -0.15) is 0 Å². The molecule has 12 heavy (non-hydrogen) atoms. The van der Waals surface area contributed by atoms with Gasteiger partial charge in [-0.25, -0.2) is 0 Å². The quantitative estimate of drug-likeness (QED) is 0.591. The van der Waals surface area contributed by atoms with Crippen molar-refractivity contribution >= 4 is 36.2 Å². The largest absolute Gasteiger partial charge is 0.456 e. The van der Waals surface area contributed by atoms with E-state index in [0.29, 0.717) is 0 Å². The molecule has 0 N–H and O–H groups in total. The van der Waals surface area contributed by atoms with Crippen molar-refractivity contribution in [1.82, 2.24) is 0 Å². The Bertz CT molecular complexity index is 106. The summed E-state index contributed by atoms with van der Waals surface area (Å²) in [5, 5.41) is 0. The fraction of sp³-hybridized carbons (Fsp3) is 1.00. The topological polar surface area (TPSA) is 18.5 Å².